The molecule has 2 aromatic rings. The summed E-state index contributed by atoms with van der Waals surface area (Å²) < 4.78 is 45.9. The standard InChI is InChI=1S/C17H21F3N4O3S/c1-5-27-15(26)10(8-28)21-14(25)9-6-13-22-11(16(2,3)4)7-12(17(18,19)20)24(13)23-9/h6-7,10,28H,5,8H2,1-4H3,(H,21,25)/t10-/m0/s1. The topological polar surface area (TPSA) is 85.6 Å². The maximum Gasteiger partial charge on any atom is 0.433 e. The fraction of sp³-hybridized carbons (Fsp3) is 0.529. The quantitative estimate of drug-likeness (QED) is 0.576. The van der Waals surface area contributed by atoms with Crippen LogP contribution in [-0.4, -0.2) is 44.9 Å². The number of carbonyl (C=O) groups excluding carboxylic acids is 2. The van der Waals surface area contributed by atoms with Gasteiger partial charge < -0.3 is 10.1 Å². The molecule has 2 aromatic heterocycles. The van der Waals surface area contributed by atoms with Crippen molar-refractivity contribution in [1.82, 2.24) is 19.9 Å². The second-order valence-electron chi connectivity index (χ2n) is 7.03. The molecule has 0 spiro atoms. The molecule has 0 aliphatic carbocycles. The summed E-state index contributed by atoms with van der Waals surface area (Å²) in [7, 11) is 0. The summed E-state index contributed by atoms with van der Waals surface area (Å²) in [5, 5.41) is 6.10. The van der Waals surface area contributed by atoms with Gasteiger partial charge >= 0.3 is 12.1 Å². The van der Waals surface area contributed by atoms with Crippen LogP contribution in [0.5, 0.6) is 0 Å². The fourth-order valence-electron chi connectivity index (χ4n) is 2.33. The number of aromatic nitrogens is 3. The van der Waals surface area contributed by atoms with E-state index in [1.54, 1.807) is 27.7 Å². The van der Waals surface area contributed by atoms with E-state index in [9.17, 15) is 22.8 Å². The zero-order chi connectivity index (χ0) is 21.3. The molecule has 0 unspecified atom stereocenters. The van der Waals surface area contributed by atoms with Gasteiger partial charge in [-0.15, -0.1) is 0 Å². The predicted octanol–water partition coefficient (Wildman–Crippen LogP) is 2.64. The maximum absolute atomic E-state index is 13.5. The zero-order valence-corrected chi connectivity index (χ0v) is 16.7. The minimum atomic E-state index is -4.69. The lowest BCUT2D eigenvalue weighted by molar-refractivity contribution is -0.145. The molecule has 1 atom stereocenters. The van der Waals surface area contributed by atoms with Gasteiger partial charge in [0.25, 0.3) is 5.91 Å². The number of esters is 1. The molecule has 0 saturated heterocycles. The van der Waals surface area contributed by atoms with Gasteiger partial charge in [-0.25, -0.2) is 14.3 Å². The van der Waals surface area contributed by atoms with Crippen molar-refractivity contribution in [2.24, 2.45) is 0 Å². The van der Waals surface area contributed by atoms with Crippen LogP contribution in [0.3, 0.4) is 0 Å². The molecule has 28 heavy (non-hydrogen) atoms. The van der Waals surface area contributed by atoms with E-state index < -0.39 is 35.2 Å². The van der Waals surface area contributed by atoms with E-state index in [0.717, 1.165) is 12.1 Å². The number of alkyl halides is 3. The first-order valence-electron chi connectivity index (χ1n) is 8.45. The van der Waals surface area contributed by atoms with Gasteiger partial charge in [-0.1, -0.05) is 20.8 Å². The summed E-state index contributed by atoms with van der Waals surface area (Å²) in [5.74, 6) is -1.57. The van der Waals surface area contributed by atoms with E-state index in [1.165, 1.54) is 0 Å². The molecule has 1 amide bonds. The average Bonchev–Trinajstić information content (AvgIpc) is 3.01. The number of hydrogen-bond donors (Lipinski definition) is 2. The van der Waals surface area contributed by atoms with Crippen molar-refractivity contribution in [2.45, 2.75) is 45.3 Å². The molecular weight excluding hydrogens is 397 g/mol. The Morgan fingerprint density at radius 2 is 1.93 bits per heavy atom. The Morgan fingerprint density at radius 3 is 2.43 bits per heavy atom. The van der Waals surface area contributed by atoms with Gasteiger partial charge in [-0.3, -0.25) is 4.79 Å². The number of nitrogens with one attached hydrogen (secondary N) is 1. The molecule has 0 radical (unpaired) electrons. The number of nitrogens with zero attached hydrogens (tertiary/aromatic N) is 3. The predicted molar refractivity (Wildman–Crippen MR) is 98.4 cm³/mol. The molecule has 0 fully saturated rings. The first kappa shape index (κ1) is 22.0. The second-order valence-corrected chi connectivity index (χ2v) is 7.40. The van der Waals surface area contributed by atoms with Gasteiger partial charge in [0.2, 0.25) is 0 Å². The lowest BCUT2D eigenvalue weighted by Crippen LogP contribution is -2.43. The SMILES string of the molecule is CCOC(=O)[C@H](CS)NC(=O)c1cc2nc(C(C)(C)C)cc(C(F)(F)F)n2n1. The summed E-state index contributed by atoms with van der Waals surface area (Å²) in [6.45, 7) is 6.90. The molecule has 0 bridgehead atoms. The largest absolute Gasteiger partial charge is 0.464 e. The van der Waals surface area contributed by atoms with E-state index in [0.29, 0.717) is 4.52 Å². The smallest absolute Gasteiger partial charge is 0.433 e. The molecule has 154 valence electrons. The highest BCUT2D eigenvalue weighted by Crippen LogP contribution is 2.32. The molecule has 2 rings (SSSR count). The summed E-state index contributed by atoms with van der Waals surface area (Å²) in [6.07, 6.45) is -4.69. The third kappa shape index (κ3) is 4.75. The Balaban J connectivity index is 2.47. The van der Waals surface area contributed by atoms with E-state index in [1.807, 2.05) is 0 Å². The van der Waals surface area contributed by atoms with Crippen molar-refractivity contribution in [2.75, 3.05) is 12.4 Å². The van der Waals surface area contributed by atoms with E-state index in [-0.39, 0.29) is 29.4 Å². The molecule has 0 aliphatic rings. The number of fused-ring (bicyclic) bond motifs is 1. The average molecular weight is 418 g/mol. The van der Waals surface area contributed by atoms with Gasteiger partial charge in [-0.2, -0.15) is 30.9 Å². The molecule has 0 aliphatic heterocycles. The van der Waals surface area contributed by atoms with Crippen molar-refractivity contribution >= 4 is 30.2 Å². The monoisotopic (exact) mass is 418 g/mol. The highest BCUT2D eigenvalue weighted by atomic mass is 32.1. The Bertz CT molecular complexity index is 890. The highest BCUT2D eigenvalue weighted by Gasteiger charge is 2.36. The van der Waals surface area contributed by atoms with Crippen LogP contribution in [0.4, 0.5) is 13.2 Å². The van der Waals surface area contributed by atoms with Crippen molar-refractivity contribution in [3.63, 3.8) is 0 Å². The number of ether oxygens (including phenoxy) is 1. The Kier molecular flexibility index (Phi) is 6.27. The number of amides is 1. The second kappa shape index (κ2) is 7.98. The third-order valence-corrected chi connectivity index (χ3v) is 4.14. The molecule has 1 N–H and O–H groups in total. The van der Waals surface area contributed by atoms with Crippen LogP contribution in [0.25, 0.3) is 5.65 Å². The Hall–Kier alpha value is -2.30. The Labute approximate surface area is 165 Å². The van der Waals surface area contributed by atoms with Gasteiger partial charge in [0.1, 0.15) is 11.7 Å². The van der Waals surface area contributed by atoms with Crippen LogP contribution in [-0.2, 0) is 21.1 Å². The fourth-order valence-corrected chi connectivity index (χ4v) is 2.57. The molecule has 11 heteroatoms. The minimum Gasteiger partial charge on any atom is -0.464 e. The highest BCUT2D eigenvalue weighted by molar-refractivity contribution is 7.80. The first-order chi connectivity index (χ1) is 12.9. The Morgan fingerprint density at radius 1 is 1.29 bits per heavy atom. The molecule has 7 nitrogen and oxygen atoms in total. The summed E-state index contributed by atoms with van der Waals surface area (Å²) >= 11 is 3.98. The minimum absolute atomic E-state index is 0.0435. The first-order valence-corrected chi connectivity index (χ1v) is 9.08. The van der Waals surface area contributed by atoms with Crippen LogP contribution in [0.1, 0.15) is 49.6 Å². The van der Waals surface area contributed by atoms with Crippen LogP contribution in [0, 0.1) is 0 Å². The normalized spacial score (nSPS) is 13.4. The molecule has 0 aromatic carbocycles. The maximum atomic E-state index is 13.5. The van der Waals surface area contributed by atoms with Gasteiger partial charge in [0.05, 0.1) is 12.3 Å². The molecule has 0 saturated carbocycles. The van der Waals surface area contributed by atoms with Crippen molar-refractivity contribution in [1.29, 1.82) is 0 Å². The zero-order valence-electron chi connectivity index (χ0n) is 15.8. The summed E-state index contributed by atoms with van der Waals surface area (Å²) in [6, 6.07) is 0.998. The number of carbonyl (C=O) groups is 2. The van der Waals surface area contributed by atoms with Gasteiger partial charge in [0, 0.05) is 17.2 Å². The van der Waals surface area contributed by atoms with Crippen molar-refractivity contribution in [3.8, 4) is 0 Å². The van der Waals surface area contributed by atoms with Crippen LogP contribution in [0.2, 0.25) is 0 Å². The van der Waals surface area contributed by atoms with Gasteiger partial charge in [0.15, 0.2) is 11.3 Å². The van der Waals surface area contributed by atoms with Crippen molar-refractivity contribution in [3.05, 3.63) is 29.2 Å². The van der Waals surface area contributed by atoms with E-state index >= 15 is 0 Å². The van der Waals surface area contributed by atoms with E-state index in [2.05, 4.69) is 28.0 Å². The van der Waals surface area contributed by atoms with Crippen LogP contribution in [0.15, 0.2) is 12.1 Å². The van der Waals surface area contributed by atoms with Crippen LogP contribution >= 0.6 is 12.6 Å². The van der Waals surface area contributed by atoms with Crippen LogP contribution < -0.4 is 5.32 Å². The van der Waals surface area contributed by atoms with Gasteiger partial charge in [-0.05, 0) is 13.0 Å². The lowest BCUT2D eigenvalue weighted by Gasteiger charge is -2.19. The summed E-state index contributed by atoms with van der Waals surface area (Å²) in [4.78, 5) is 28.4. The summed E-state index contributed by atoms with van der Waals surface area (Å²) in [5.41, 5.74) is -1.91. The molecular formula is C17H21F3N4O3S. The number of halogens is 3. The lowest BCUT2D eigenvalue weighted by atomic mass is 9.91. The van der Waals surface area contributed by atoms with Crippen molar-refractivity contribution < 1.29 is 27.5 Å². The van der Waals surface area contributed by atoms with E-state index in [4.69, 9.17) is 4.74 Å². The third-order valence-electron chi connectivity index (χ3n) is 3.78. The number of rotatable bonds is 5. The molecule has 2 heterocycles. The number of hydrogen-bond acceptors (Lipinski definition) is 6. The number of thiol groups is 1.